The number of ether oxygens (including phenoxy) is 1. The molecule has 0 aliphatic carbocycles. The molecule has 1 aromatic rings. The predicted molar refractivity (Wildman–Crippen MR) is 64.5 cm³/mol. The molecule has 0 aromatic carbocycles. The molecule has 0 bridgehead atoms. The van der Waals surface area contributed by atoms with E-state index in [0.29, 0.717) is 12.3 Å². The van der Waals surface area contributed by atoms with Gasteiger partial charge in [0.15, 0.2) is 9.61 Å². The van der Waals surface area contributed by atoms with Crippen molar-refractivity contribution >= 4 is 33.2 Å². The fourth-order valence-corrected chi connectivity index (χ4v) is 2.64. The molecule has 84 valence electrons. The summed E-state index contributed by atoms with van der Waals surface area (Å²) in [7, 11) is 0. The average molecular weight is 292 g/mol. The summed E-state index contributed by atoms with van der Waals surface area (Å²) in [5.74, 6) is -0.343. The van der Waals surface area contributed by atoms with Gasteiger partial charge in [-0.2, -0.15) is 0 Å². The summed E-state index contributed by atoms with van der Waals surface area (Å²) in [5.41, 5.74) is 0.340. The van der Waals surface area contributed by atoms with Crippen molar-refractivity contribution in [2.45, 2.75) is 33.1 Å². The van der Waals surface area contributed by atoms with Crippen molar-refractivity contribution in [3.05, 3.63) is 14.5 Å². The Morgan fingerprint density at radius 2 is 2.13 bits per heavy atom. The lowest BCUT2D eigenvalue weighted by Crippen LogP contribution is -2.16. The summed E-state index contributed by atoms with van der Waals surface area (Å²) in [6.07, 6.45) is 0. The standard InChI is InChI=1S/C10H14BrNO2S/c1-5-14-8(13)6-7(10(2,3)4)15-9(11)12-6/h5H2,1-4H3. The minimum absolute atomic E-state index is 0.0915. The fourth-order valence-electron chi connectivity index (χ4n) is 1.14. The smallest absolute Gasteiger partial charge is 0.358 e. The van der Waals surface area contributed by atoms with Crippen LogP contribution in [-0.2, 0) is 10.2 Å². The topological polar surface area (TPSA) is 39.2 Å². The SMILES string of the molecule is CCOC(=O)c1nc(Br)sc1C(C)(C)C. The number of esters is 1. The molecule has 1 rings (SSSR count). The molecule has 0 amide bonds. The van der Waals surface area contributed by atoms with Gasteiger partial charge in [0.1, 0.15) is 0 Å². The number of carbonyl (C=O) groups is 1. The molecule has 3 nitrogen and oxygen atoms in total. The van der Waals surface area contributed by atoms with Crippen molar-refractivity contribution in [2.75, 3.05) is 6.61 Å². The van der Waals surface area contributed by atoms with Crippen LogP contribution >= 0.6 is 27.3 Å². The Morgan fingerprint density at radius 1 is 1.53 bits per heavy atom. The highest BCUT2D eigenvalue weighted by Gasteiger charge is 2.27. The zero-order valence-electron chi connectivity index (χ0n) is 9.26. The Bertz CT molecular complexity index is 368. The molecule has 1 heterocycles. The van der Waals surface area contributed by atoms with Gasteiger partial charge in [0.05, 0.1) is 6.61 Å². The molecule has 1 aromatic heterocycles. The minimum Gasteiger partial charge on any atom is -0.461 e. The molecule has 0 saturated carbocycles. The van der Waals surface area contributed by atoms with Gasteiger partial charge in [-0.1, -0.05) is 20.8 Å². The van der Waals surface area contributed by atoms with Gasteiger partial charge in [-0.05, 0) is 28.3 Å². The first-order valence-corrected chi connectivity index (χ1v) is 6.31. The second-order valence-corrected chi connectivity index (χ2v) is 6.39. The second kappa shape index (κ2) is 4.61. The molecule has 0 saturated heterocycles. The van der Waals surface area contributed by atoms with Crippen molar-refractivity contribution in [1.29, 1.82) is 0 Å². The minimum atomic E-state index is -0.343. The van der Waals surface area contributed by atoms with Crippen LogP contribution in [0.25, 0.3) is 0 Å². The van der Waals surface area contributed by atoms with Gasteiger partial charge < -0.3 is 4.74 Å². The van der Waals surface area contributed by atoms with Gasteiger partial charge in [0.25, 0.3) is 0 Å². The number of aromatic nitrogens is 1. The summed E-state index contributed by atoms with van der Waals surface area (Å²) in [6.45, 7) is 8.31. The largest absolute Gasteiger partial charge is 0.461 e. The third kappa shape index (κ3) is 3.01. The first-order valence-electron chi connectivity index (χ1n) is 4.70. The van der Waals surface area contributed by atoms with Crippen molar-refractivity contribution in [3.8, 4) is 0 Å². The third-order valence-electron chi connectivity index (χ3n) is 1.75. The van der Waals surface area contributed by atoms with Gasteiger partial charge in [-0.25, -0.2) is 9.78 Å². The summed E-state index contributed by atoms with van der Waals surface area (Å²) in [4.78, 5) is 16.7. The van der Waals surface area contributed by atoms with Gasteiger partial charge in [0.2, 0.25) is 0 Å². The van der Waals surface area contributed by atoms with Gasteiger partial charge in [0, 0.05) is 4.88 Å². The number of thiazole rings is 1. The third-order valence-corrected chi connectivity index (χ3v) is 3.68. The maximum atomic E-state index is 11.6. The summed E-state index contributed by atoms with van der Waals surface area (Å²) < 4.78 is 5.68. The van der Waals surface area contributed by atoms with Crippen LogP contribution in [0.4, 0.5) is 0 Å². The summed E-state index contributed by atoms with van der Waals surface area (Å²) in [5, 5.41) is 0. The monoisotopic (exact) mass is 291 g/mol. The summed E-state index contributed by atoms with van der Waals surface area (Å²) >= 11 is 4.77. The zero-order chi connectivity index (χ0) is 11.6. The molecule has 0 aliphatic rings. The zero-order valence-corrected chi connectivity index (χ0v) is 11.7. The maximum absolute atomic E-state index is 11.6. The Hall–Kier alpha value is -0.420. The molecule has 0 atom stereocenters. The van der Waals surface area contributed by atoms with Crippen molar-refractivity contribution in [1.82, 2.24) is 4.98 Å². The maximum Gasteiger partial charge on any atom is 0.358 e. The Morgan fingerprint density at radius 3 is 2.60 bits per heavy atom. The van der Waals surface area contributed by atoms with E-state index in [4.69, 9.17) is 4.74 Å². The van der Waals surface area contributed by atoms with Crippen LogP contribution < -0.4 is 0 Å². The highest BCUT2D eigenvalue weighted by molar-refractivity contribution is 9.11. The molecule has 15 heavy (non-hydrogen) atoms. The van der Waals surface area contributed by atoms with E-state index < -0.39 is 0 Å². The van der Waals surface area contributed by atoms with E-state index in [-0.39, 0.29) is 11.4 Å². The second-order valence-electron chi connectivity index (χ2n) is 4.12. The van der Waals surface area contributed by atoms with E-state index in [1.807, 2.05) is 0 Å². The van der Waals surface area contributed by atoms with Crippen LogP contribution in [0.2, 0.25) is 0 Å². The number of hydrogen-bond donors (Lipinski definition) is 0. The van der Waals surface area contributed by atoms with Crippen LogP contribution in [0.3, 0.4) is 0 Å². The Labute approximate surface area is 102 Å². The molecule has 0 radical (unpaired) electrons. The first-order chi connectivity index (χ1) is 6.86. The van der Waals surface area contributed by atoms with Crippen LogP contribution in [0.15, 0.2) is 3.92 Å². The number of halogens is 1. The normalized spacial score (nSPS) is 11.5. The molecule has 5 heteroatoms. The first kappa shape index (κ1) is 12.6. The highest BCUT2D eigenvalue weighted by atomic mass is 79.9. The molecule has 0 spiro atoms. The van der Waals surface area contributed by atoms with E-state index in [1.54, 1.807) is 6.92 Å². The van der Waals surface area contributed by atoms with Gasteiger partial charge in [-0.15, -0.1) is 11.3 Å². The molecule has 0 unspecified atom stereocenters. The van der Waals surface area contributed by atoms with E-state index in [0.717, 1.165) is 8.79 Å². The van der Waals surface area contributed by atoms with Crippen LogP contribution in [-0.4, -0.2) is 17.6 Å². The van der Waals surface area contributed by atoms with Crippen molar-refractivity contribution in [2.24, 2.45) is 0 Å². The molecular weight excluding hydrogens is 278 g/mol. The van der Waals surface area contributed by atoms with Gasteiger partial charge in [-0.3, -0.25) is 0 Å². The lowest BCUT2D eigenvalue weighted by molar-refractivity contribution is 0.0517. The molecule has 0 N–H and O–H groups in total. The highest BCUT2D eigenvalue weighted by Crippen LogP contribution is 2.34. The van der Waals surface area contributed by atoms with E-state index in [9.17, 15) is 4.79 Å². The fraction of sp³-hybridized carbons (Fsp3) is 0.600. The van der Waals surface area contributed by atoms with E-state index in [1.165, 1.54) is 11.3 Å². The quantitative estimate of drug-likeness (QED) is 0.784. The Kier molecular flexibility index (Phi) is 3.89. The van der Waals surface area contributed by atoms with Crippen molar-refractivity contribution in [3.63, 3.8) is 0 Å². The number of hydrogen-bond acceptors (Lipinski definition) is 4. The lowest BCUT2D eigenvalue weighted by Gasteiger charge is -2.16. The predicted octanol–water partition coefficient (Wildman–Crippen LogP) is 3.38. The van der Waals surface area contributed by atoms with Crippen LogP contribution in [0.1, 0.15) is 43.1 Å². The van der Waals surface area contributed by atoms with E-state index in [2.05, 4.69) is 41.7 Å². The molecule has 0 aliphatic heterocycles. The lowest BCUT2D eigenvalue weighted by atomic mass is 9.93. The average Bonchev–Trinajstić information content (AvgIpc) is 2.47. The van der Waals surface area contributed by atoms with Gasteiger partial charge >= 0.3 is 5.97 Å². The Balaban J connectivity index is 3.12. The van der Waals surface area contributed by atoms with E-state index >= 15 is 0 Å². The molecule has 0 fully saturated rings. The summed E-state index contributed by atoms with van der Waals surface area (Å²) in [6, 6.07) is 0. The number of nitrogens with zero attached hydrogens (tertiary/aromatic N) is 1. The number of carbonyl (C=O) groups excluding carboxylic acids is 1. The van der Waals surface area contributed by atoms with Crippen LogP contribution in [0.5, 0.6) is 0 Å². The van der Waals surface area contributed by atoms with Crippen LogP contribution in [0, 0.1) is 0 Å². The van der Waals surface area contributed by atoms with Crippen molar-refractivity contribution < 1.29 is 9.53 Å². The molecular formula is C10H14BrNO2S. The number of rotatable bonds is 2.